The Morgan fingerprint density at radius 2 is 1.89 bits per heavy atom. The van der Waals surface area contributed by atoms with Crippen molar-refractivity contribution >= 4 is 0 Å². The zero-order valence-corrected chi connectivity index (χ0v) is 11.8. The van der Waals surface area contributed by atoms with E-state index in [0.29, 0.717) is 5.92 Å². The summed E-state index contributed by atoms with van der Waals surface area (Å²) in [5.74, 6) is 3.01. The zero-order chi connectivity index (χ0) is 13.0. The number of aliphatic hydroxyl groups excluding tert-OH is 2. The fraction of sp³-hybridized carbons (Fsp3) is 1.00. The molecule has 0 aromatic rings. The highest BCUT2D eigenvalue weighted by Crippen LogP contribution is 2.75. The molecule has 5 fully saturated rings. The van der Waals surface area contributed by atoms with Gasteiger partial charge in [-0.25, -0.2) is 0 Å². The van der Waals surface area contributed by atoms with Crippen LogP contribution < -0.4 is 0 Å². The Bertz CT molecular complexity index is 440. The van der Waals surface area contributed by atoms with E-state index in [4.69, 9.17) is 0 Å². The fourth-order valence-corrected chi connectivity index (χ4v) is 7.70. The number of piperidine rings is 2. The summed E-state index contributed by atoms with van der Waals surface area (Å²) in [6, 6.07) is 0. The SMILES string of the molecule is CC1CC2CC(O)C34CC(O)CN5CC3CC2C54C1. The number of rotatable bonds is 0. The van der Waals surface area contributed by atoms with E-state index in [0.717, 1.165) is 43.7 Å². The average Bonchev–Trinajstić information content (AvgIpc) is 2.62. The van der Waals surface area contributed by atoms with Crippen LogP contribution in [-0.4, -0.2) is 45.9 Å². The van der Waals surface area contributed by atoms with Crippen molar-refractivity contribution in [2.75, 3.05) is 13.1 Å². The number of hydrogen-bond acceptors (Lipinski definition) is 3. The third kappa shape index (κ3) is 1.01. The Morgan fingerprint density at radius 1 is 1.05 bits per heavy atom. The van der Waals surface area contributed by atoms with Gasteiger partial charge in [-0.3, -0.25) is 4.90 Å². The summed E-state index contributed by atoms with van der Waals surface area (Å²) in [6.07, 6.45) is 5.43. The zero-order valence-electron chi connectivity index (χ0n) is 11.8. The molecule has 2 heterocycles. The molecular weight excluding hydrogens is 238 g/mol. The first-order chi connectivity index (χ1) is 9.08. The smallest absolute Gasteiger partial charge is 0.0674 e. The van der Waals surface area contributed by atoms with Crippen molar-refractivity contribution < 1.29 is 10.2 Å². The van der Waals surface area contributed by atoms with Crippen LogP contribution in [0.15, 0.2) is 0 Å². The summed E-state index contributed by atoms with van der Waals surface area (Å²) in [7, 11) is 0. The van der Waals surface area contributed by atoms with E-state index in [-0.39, 0.29) is 23.2 Å². The van der Waals surface area contributed by atoms with Crippen molar-refractivity contribution in [1.29, 1.82) is 0 Å². The first kappa shape index (κ1) is 11.5. The Morgan fingerprint density at radius 3 is 2.74 bits per heavy atom. The van der Waals surface area contributed by atoms with Crippen LogP contribution in [0.1, 0.15) is 39.0 Å². The molecule has 9 atom stereocenters. The predicted octanol–water partition coefficient (Wildman–Crippen LogP) is 1.24. The molecule has 3 nitrogen and oxygen atoms in total. The van der Waals surface area contributed by atoms with Crippen LogP contribution in [0.2, 0.25) is 0 Å². The second-order valence-corrected chi connectivity index (χ2v) is 8.32. The van der Waals surface area contributed by atoms with Crippen LogP contribution in [-0.2, 0) is 0 Å². The molecule has 0 aromatic carbocycles. The Kier molecular flexibility index (Phi) is 1.94. The maximum Gasteiger partial charge on any atom is 0.0674 e. The Labute approximate surface area is 115 Å². The summed E-state index contributed by atoms with van der Waals surface area (Å²) >= 11 is 0. The topological polar surface area (TPSA) is 43.7 Å². The molecule has 106 valence electrons. The van der Waals surface area contributed by atoms with Gasteiger partial charge in [0.25, 0.3) is 0 Å². The van der Waals surface area contributed by atoms with Gasteiger partial charge in [0.1, 0.15) is 0 Å². The molecular formula is C16H25NO2. The molecule has 3 heteroatoms. The molecule has 0 aromatic heterocycles. The first-order valence-corrected chi connectivity index (χ1v) is 8.19. The molecule has 1 spiro atoms. The minimum absolute atomic E-state index is 0.0422. The molecule has 5 aliphatic rings. The van der Waals surface area contributed by atoms with E-state index in [2.05, 4.69) is 11.8 Å². The van der Waals surface area contributed by atoms with Gasteiger partial charge in [-0.2, -0.15) is 0 Å². The second-order valence-electron chi connectivity index (χ2n) is 8.32. The van der Waals surface area contributed by atoms with Crippen molar-refractivity contribution in [1.82, 2.24) is 4.90 Å². The molecule has 3 aliphatic carbocycles. The van der Waals surface area contributed by atoms with Crippen molar-refractivity contribution in [3.05, 3.63) is 0 Å². The van der Waals surface area contributed by atoms with Crippen LogP contribution in [0.5, 0.6) is 0 Å². The maximum atomic E-state index is 10.9. The lowest BCUT2D eigenvalue weighted by atomic mass is 9.48. The molecule has 19 heavy (non-hydrogen) atoms. The van der Waals surface area contributed by atoms with Crippen LogP contribution in [0.3, 0.4) is 0 Å². The minimum Gasteiger partial charge on any atom is -0.392 e. The largest absolute Gasteiger partial charge is 0.392 e. The highest BCUT2D eigenvalue weighted by Gasteiger charge is 2.79. The number of hydrogen-bond donors (Lipinski definition) is 2. The minimum atomic E-state index is -0.210. The summed E-state index contributed by atoms with van der Waals surface area (Å²) < 4.78 is 0. The van der Waals surface area contributed by atoms with E-state index in [9.17, 15) is 10.2 Å². The van der Waals surface area contributed by atoms with E-state index >= 15 is 0 Å². The first-order valence-electron chi connectivity index (χ1n) is 8.19. The van der Waals surface area contributed by atoms with Gasteiger partial charge < -0.3 is 10.2 Å². The molecule has 3 saturated carbocycles. The van der Waals surface area contributed by atoms with Gasteiger partial charge in [-0.05, 0) is 55.8 Å². The average molecular weight is 263 g/mol. The summed E-state index contributed by atoms with van der Waals surface area (Å²) in [5.41, 5.74) is 0.303. The van der Waals surface area contributed by atoms with Crippen molar-refractivity contribution in [3.63, 3.8) is 0 Å². The van der Waals surface area contributed by atoms with Crippen molar-refractivity contribution in [2.45, 2.75) is 56.8 Å². The Balaban J connectivity index is 1.73. The van der Waals surface area contributed by atoms with Gasteiger partial charge in [-0.1, -0.05) is 6.92 Å². The molecule has 2 N–H and O–H groups in total. The third-order valence-electron chi connectivity index (χ3n) is 7.75. The predicted molar refractivity (Wildman–Crippen MR) is 71.5 cm³/mol. The van der Waals surface area contributed by atoms with E-state index in [1.54, 1.807) is 0 Å². The van der Waals surface area contributed by atoms with Crippen molar-refractivity contribution in [2.24, 2.45) is 29.1 Å². The Hall–Kier alpha value is -0.120. The molecule has 9 unspecified atom stereocenters. The number of aliphatic hydroxyl groups is 2. The van der Waals surface area contributed by atoms with Gasteiger partial charge in [0, 0.05) is 24.0 Å². The van der Waals surface area contributed by atoms with Gasteiger partial charge in [0.2, 0.25) is 0 Å². The number of β-amino-alcohol motifs (C(OH)–C–C–N with tert-alkyl or cyclic N) is 1. The molecule has 2 aliphatic heterocycles. The normalized spacial score (nSPS) is 69.3. The second kappa shape index (κ2) is 3.20. The standard InChI is InChI=1S/C16H25NO2/c1-9-2-10-3-14(19)15-6-12(18)8-17-7-11(15)4-13(10)16(15,17)5-9/h9-14,18-19H,2-8H2,1H3. The monoisotopic (exact) mass is 263 g/mol. The lowest BCUT2D eigenvalue weighted by Crippen LogP contribution is -2.71. The van der Waals surface area contributed by atoms with Crippen LogP contribution in [0.4, 0.5) is 0 Å². The molecule has 5 rings (SSSR count). The van der Waals surface area contributed by atoms with Gasteiger partial charge in [0.05, 0.1) is 12.2 Å². The van der Waals surface area contributed by atoms with E-state index < -0.39 is 0 Å². The van der Waals surface area contributed by atoms with Crippen LogP contribution in [0, 0.1) is 29.1 Å². The summed E-state index contributed by atoms with van der Waals surface area (Å²) in [5, 5.41) is 21.2. The van der Waals surface area contributed by atoms with E-state index in [1.807, 2.05) is 0 Å². The highest BCUT2D eigenvalue weighted by atomic mass is 16.3. The van der Waals surface area contributed by atoms with Crippen LogP contribution in [0.25, 0.3) is 0 Å². The molecule has 2 saturated heterocycles. The van der Waals surface area contributed by atoms with Gasteiger partial charge in [-0.15, -0.1) is 0 Å². The summed E-state index contributed by atoms with van der Waals surface area (Å²) in [6.45, 7) is 4.41. The van der Waals surface area contributed by atoms with Gasteiger partial charge >= 0.3 is 0 Å². The number of nitrogens with zero attached hydrogens (tertiary/aromatic N) is 1. The molecule has 0 radical (unpaired) electrons. The molecule has 0 amide bonds. The third-order valence-corrected chi connectivity index (χ3v) is 7.75. The van der Waals surface area contributed by atoms with E-state index in [1.165, 1.54) is 19.3 Å². The lowest BCUT2D eigenvalue weighted by Gasteiger charge is -2.65. The lowest BCUT2D eigenvalue weighted by molar-refractivity contribution is -0.195. The van der Waals surface area contributed by atoms with Crippen molar-refractivity contribution in [3.8, 4) is 0 Å². The van der Waals surface area contributed by atoms with Gasteiger partial charge in [0.15, 0.2) is 0 Å². The highest BCUT2D eigenvalue weighted by molar-refractivity contribution is 5.31. The summed E-state index contributed by atoms with van der Waals surface area (Å²) in [4.78, 5) is 2.62. The maximum absolute atomic E-state index is 10.9. The quantitative estimate of drug-likeness (QED) is 0.691. The fourth-order valence-electron chi connectivity index (χ4n) is 7.70. The molecule has 6 bridgehead atoms. The van der Waals surface area contributed by atoms with Crippen LogP contribution >= 0.6 is 0 Å².